The topological polar surface area (TPSA) is 24.9 Å². The lowest BCUT2D eigenvalue weighted by Gasteiger charge is -2.05. The van der Waals surface area contributed by atoms with Gasteiger partial charge in [-0.25, -0.2) is 4.98 Å². The highest BCUT2D eigenvalue weighted by Gasteiger charge is 2.06. The summed E-state index contributed by atoms with van der Waals surface area (Å²) in [6.45, 7) is 0.338. The number of pyridine rings is 1. The number of rotatable bonds is 2. The van der Waals surface area contributed by atoms with E-state index in [2.05, 4.69) is 16.2 Å². The van der Waals surface area contributed by atoms with Gasteiger partial charge in [0.25, 0.3) is 0 Å². The van der Waals surface area contributed by atoms with E-state index < -0.39 is 0 Å². The highest BCUT2D eigenvalue weighted by Crippen LogP contribution is 2.28. The maximum absolute atomic E-state index is 5.80. The summed E-state index contributed by atoms with van der Waals surface area (Å²) in [6.07, 6.45) is 5.05. The van der Waals surface area contributed by atoms with Crippen LogP contribution in [0.3, 0.4) is 0 Å². The van der Waals surface area contributed by atoms with Gasteiger partial charge in [0.2, 0.25) is 0 Å². The molecule has 0 radical (unpaired) electrons. The minimum atomic E-state index is 0.200. The second-order valence-electron chi connectivity index (χ2n) is 2.15. The molecular formula is C8H5Cl3N2. The molecule has 0 aliphatic carbocycles. The molecule has 0 unspecified atom stereocenters. The summed E-state index contributed by atoms with van der Waals surface area (Å²) in [7, 11) is 0. The Hall–Kier alpha value is -0.620. The third-order valence-corrected chi connectivity index (χ3v) is 2.21. The molecule has 0 bridgehead atoms. The summed E-state index contributed by atoms with van der Waals surface area (Å²) in [5.41, 5.74) is 0. The predicted octanol–water partition coefficient (Wildman–Crippen LogP) is 3.09. The van der Waals surface area contributed by atoms with Gasteiger partial charge in [0.05, 0.1) is 16.6 Å². The normalized spacial score (nSPS) is 9.38. The van der Waals surface area contributed by atoms with Crippen molar-refractivity contribution in [2.24, 2.45) is 0 Å². The molecule has 5 heteroatoms. The minimum Gasteiger partial charge on any atom is -0.358 e. The van der Waals surface area contributed by atoms with Crippen LogP contribution in [0.15, 0.2) is 6.07 Å². The molecule has 2 nitrogen and oxygen atoms in total. The number of nitrogens with zero attached hydrogens (tertiary/aromatic N) is 1. The summed E-state index contributed by atoms with van der Waals surface area (Å²) in [4.78, 5) is 3.90. The molecule has 0 saturated heterocycles. The molecule has 0 aliphatic rings. The Morgan fingerprint density at radius 1 is 1.38 bits per heavy atom. The summed E-state index contributed by atoms with van der Waals surface area (Å²) in [6, 6.07) is 1.51. The lowest BCUT2D eigenvalue weighted by molar-refractivity contribution is 1.25. The second-order valence-corrected chi connectivity index (χ2v) is 3.32. The summed E-state index contributed by atoms with van der Waals surface area (Å²) >= 11 is 17.1. The van der Waals surface area contributed by atoms with Crippen molar-refractivity contribution in [1.82, 2.24) is 4.98 Å². The number of nitrogens with one attached hydrogen (secondary N) is 1. The predicted molar refractivity (Wildman–Crippen MR) is 56.6 cm³/mol. The molecule has 0 amide bonds. The first-order valence-corrected chi connectivity index (χ1v) is 4.47. The van der Waals surface area contributed by atoms with Crippen molar-refractivity contribution in [3.63, 3.8) is 0 Å². The standard InChI is InChI=1S/C8H5Cl3N2/c1-2-3-12-8-6(10)4-5(9)7(11)13-8/h1,4H,3H2,(H,12,13). The van der Waals surface area contributed by atoms with Gasteiger partial charge < -0.3 is 5.32 Å². The number of halogens is 3. The Kier molecular flexibility index (Phi) is 3.68. The number of hydrogen-bond acceptors (Lipinski definition) is 2. The quantitative estimate of drug-likeness (QED) is 0.629. The first-order chi connectivity index (χ1) is 6.15. The third kappa shape index (κ3) is 2.67. The summed E-state index contributed by atoms with van der Waals surface area (Å²) in [5.74, 6) is 2.83. The minimum absolute atomic E-state index is 0.200. The maximum Gasteiger partial charge on any atom is 0.150 e. The number of terminal acetylenes is 1. The first kappa shape index (κ1) is 10.5. The van der Waals surface area contributed by atoms with E-state index >= 15 is 0 Å². The maximum atomic E-state index is 5.80. The lowest BCUT2D eigenvalue weighted by atomic mass is 10.4. The Balaban J connectivity index is 2.96. The van der Waals surface area contributed by atoms with E-state index in [4.69, 9.17) is 41.2 Å². The molecule has 68 valence electrons. The van der Waals surface area contributed by atoms with E-state index in [-0.39, 0.29) is 5.15 Å². The van der Waals surface area contributed by atoms with E-state index in [1.54, 1.807) is 0 Å². The number of aromatic nitrogens is 1. The van der Waals surface area contributed by atoms with E-state index in [1.165, 1.54) is 6.07 Å². The molecule has 1 aromatic heterocycles. The monoisotopic (exact) mass is 234 g/mol. The van der Waals surface area contributed by atoms with E-state index in [0.29, 0.717) is 22.4 Å². The van der Waals surface area contributed by atoms with Crippen LogP contribution in [0.25, 0.3) is 0 Å². The van der Waals surface area contributed by atoms with Crippen LogP contribution in [0, 0.1) is 12.3 Å². The van der Waals surface area contributed by atoms with Crippen LogP contribution in [0.2, 0.25) is 15.2 Å². The lowest BCUT2D eigenvalue weighted by Crippen LogP contribution is -2.01. The van der Waals surface area contributed by atoms with Crippen molar-refractivity contribution in [1.29, 1.82) is 0 Å². The van der Waals surface area contributed by atoms with Gasteiger partial charge in [-0.2, -0.15) is 0 Å². The van der Waals surface area contributed by atoms with Crippen molar-refractivity contribution < 1.29 is 0 Å². The van der Waals surface area contributed by atoms with E-state index in [0.717, 1.165) is 0 Å². The van der Waals surface area contributed by atoms with Crippen LogP contribution in [0.5, 0.6) is 0 Å². The largest absolute Gasteiger partial charge is 0.358 e. The van der Waals surface area contributed by atoms with Gasteiger partial charge in [-0.1, -0.05) is 40.7 Å². The fraction of sp³-hybridized carbons (Fsp3) is 0.125. The molecule has 1 heterocycles. The zero-order chi connectivity index (χ0) is 9.84. The zero-order valence-corrected chi connectivity index (χ0v) is 8.71. The summed E-state index contributed by atoms with van der Waals surface area (Å²) < 4.78 is 0. The van der Waals surface area contributed by atoms with Crippen molar-refractivity contribution in [2.45, 2.75) is 0 Å². The highest BCUT2D eigenvalue weighted by atomic mass is 35.5. The molecule has 0 aromatic carbocycles. The zero-order valence-electron chi connectivity index (χ0n) is 6.44. The molecule has 1 N–H and O–H groups in total. The molecule has 1 rings (SSSR count). The van der Waals surface area contributed by atoms with Crippen LogP contribution in [-0.4, -0.2) is 11.5 Å². The molecule has 13 heavy (non-hydrogen) atoms. The van der Waals surface area contributed by atoms with Gasteiger partial charge in [-0.15, -0.1) is 6.42 Å². The Bertz CT molecular complexity index is 357. The molecular weight excluding hydrogens is 230 g/mol. The number of hydrogen-bond donors (Lipinski definition) is 1. The van der Waals surface area contributed by atoms with E-state index in [1.807, 2.05) is 0 Å². The molecule has 0 spiro atoms. The van der Waals surface area contributed by atoms with Crippen molar-refractivity contribution in [2.75, 3.05) is 11.9 Å². The molecule has 1 aromatic rings. The van der Waals surface area contributed by atoms with Crippen molar-refractivity contribution in [3.8, 4) is 12.3 Å². The summed E-state index contributed by atoms with van der Waals surface area (Å²) in [5, 5.41) is 3.72. The molecule has 0 fully saturated rings. The van der Waals surface area contributed by atoms with Gasteiger partial charge in [0, 0.05) is 0 Å². The number of anilines is 1. The van der Waals surface area contributed by atoms with E-state index in [9.17, 15) is 0 Å². The Morgan fingerprint density at radius 3 is 2.69 bits per heavy atom. The third-order valence-electron chi connectivity index (χ3n) is 1.24. The molecule has 0 atom stereocenters. The van der Waals surface area contributed by atoms with Crippen molar-refractivity contribution in [3.05, 3.63) is 21.3 Å². The smallest absolute Gasteiger partial charge is 0.150 e. The van der Waals surface area contributed by atoms with Gasteiger partial charge in [-0.3, -0.25) is 0 Å². The Morgan fingerprint density at radius 2 is 2.08 bits per heavy atom. The fourth-order valence-corrected chi connectivity index (χ4v) is 1.27. The van der Waals surface area contributed by atoms with Crippen LogP contribution >= 0.6 is 34.8 Å². The SMILES string of the molecule is C#CCNc1nc(Cl)c(Cl)cc1Cl. The molecule has 0 aliphatic heterocycles. The van der Waals surface area contributed by atoms with Crippen LogP contribution in [0.1, 0.15) is 0 Å². The molecule has 0 saturated carbocycles. The van der Waals surface area contributed by atoms with Gasteiger partial charge in [0.15, 0.2) is 0 Å². The fourth-order valence-electron chi connectivity index (χ4n) is 0.703. The van der Waals surface area contributed by atoms with Crippen LogP contribution in [-0.2, 0) is 0 Å². The van der Waals surface area contributed by atoms with Crippen molar-refractivity contribution >= 4 is 40.6 Å². The average molecular weight is 236 g/mol. The highest BCUT2D eigenvalue weighted by molar-refractivity contribution is 6.42. The van der Waals surface area contributed by atoms with Gasteiger partial charge in [-0.05, 0) is 6.07 Å². The van der Waals surface area contributed by atoms with Gasteiger partial charge in [0.1, 0.15) is 11.0 Å². The first-order valence-electron chi connectivity index (χ1n) is 3.34. The van der Waals surface area contributed by atoms with Gasteiger partial charge >= 0.3 is 0 Å². The van der Waals surface area contributed by atoms with Crippen LogP contribution in [0.4, 0.5) is 5.82 Å². The average Bonchev–Trinajstić information content (AvgIpc) is 2.09. The Labute approximate surface area is 91.2 Å². The van der Waals surface area contributed by atoms with Crippen LogP contribution < -0.4 is 5.32 Å². The second kappa shape index (κ2) is 4.57.